The molecule has 0 spiro atoms. The van der Waals surface area contributed by atoms with Gasteiger partial charge in [0.1, 0.15) is 10.3 Å². The van der Waals surface area contributed by atoms with Crippen molar-refractivity contribution < 1.29 is 4.74 Å². The Balaban J connectivity index is 1.87. The lowest BCUT2D eigenvalue weighted by molar-refractivity contribution is 0.0125. The highest BCUT2D eigenvalue weighted by Gasteiger charge is 2.20. The van der Waals surface area contributed by atoms with Crippen LogP contribution in [0, 0.1) is 0 Å². The molecule has 18 heavy (non-hydrogen) atoms. The molecule has 5 heteroatoms. The minimum atomic E-state index is 0.421. The predicted molar refractivity (Wildman–Crippen MR) is 74.2 cm³/mol. The van der Waals surface area contributed by atoms with Crippen molar-refractivity contribution in [3.63, 3.8) is 0 Å². The maximum Gasteiger partial charge on any atom is 0.135 e. The largest absolute Gasteiger partial charge is 0.378 e. The zero-order valence-electron chi connectivity index (χ0n) is 10.5. The van der Waals surface area contributed by atoms with Gasteiger partial charge < -0.3 is 4.74 Å². The number of likely N-dealkylation sites (tertiary alicyclic amines) is 1. The van der Waals surface area contributed by atoms with Gasteiger partial charge in [0, 0.05) is 31.8 Å². The SMILES string of the molecule is CCOC1CCN(Cc2ccc(Cl)nc2Cl)CC1. The highest BCUT2D eigenvalue weighted by molar-refractivity contribution is 6.32. The summed E-state index contributed by atoms with van der Waals surface area (Å²) in [5.41, 5.74) is 1.04. The van der Waals surface area contributed by atoms with E-state index in [1.807, 2.05) is 13.0 Å². The molecular formula is C13H18Cl2N2O. The molecule has 2 rings (SSSR count). The summed E-state index contributed by atoms with van der Waals surface area (Å²) in [6.45, 7) is 5.78. The third-order valence-corrected chi connectivity index (χ3v) is 3.76. The number of rotatable bonds is 4. The number of halogens is 2. The Morgan fingerprint density at radius 2 is 2.06 bits per heavy atom. The molecule has 1 fully saturated rings. The minimum absolute atomic E-state index is 0.421. The monoisotopic (exact) mass is 288 g/mol. The van der Waals surface area contributed by atoms with Gasteiger partial charge in [0.15, 0.2) is 0 Å². The molecule has 0 unspecified atom stereocenters. The summed E-state index contributed by atoms with van der Waals surface area (Å²) < 4.78 is 5.64. The van der Waals surface area contributed by atoms with E-state index in [0.29, 0.717) is 16.4 Å². The first kappa shape index (κ1) is 14.1. The maximum atomic E-state index is 6.08. The molecule has 0 aliphatic carbocycles. The van der Waals surface area contributed by atoms with Gasteiger partial charge in [-0.2, -0.15) is 0 Å². The Morgan fingerprint density at radius 3 is 2.67 bits per heavy atom. The number of hydrogen-bond donors (Lipinski definition) is 0. The molecule has 2 heterocycles. The summed E-state index contributed by atoms with van der Waals surface area (Å²) in [6.07, 6.45) is 2.60. The van der Waals surface area contributed by atoms with Crippen LogP contribution in [0.25, 0.3) is 0 Å². The van der Waals surface area contributed by atoms with E-state index in [1.54, 1.807) is 6.07 Å². The molecule has 1 aliphatic rings. The van der Waals surface area contributed by atoms with Gasteiger partial charge in [-0.25, -0.2) is 4.98 Å². The van der Waals surface area contributed by atoms with Crippen molar-refractivity contribution in [1.82, 2.24) is 9.88 Å². The molecule has 1 aromatic rings. The number of ether oxygens (including phenoxy) is 1. The van der Waals surface area contributed by atoms with E-state index < -0.39 is 0 Å². The van der Waals surface area contributed by atoms with Gasteiger partial charge in [-0.1, -0.05) is 29.3 Å². The highest BCUT2D eigenvalue weighted by Crippen LogP contribution is 2.21. The van der Waals surface area contributed by atoms with Gasteiger partial charge in [-0.3, -0.25) is 4.90 Å². The molecular weight excluding hydrogens is 271 g/mol. The fourth-order valence-corrected chi connectivity index (χ4v) is 2.67. The molecule has 0 N–H and O–H groups in total. The summed E-state index contributed by atoms with van der Waals surface area (Å²) in [4.78, 5) is 6.44. The molecule has 0 amide bonds. The standard InChI is InChI=1S/C13H18Cl2N2O/c1-2-18-11-5-7-17(8-6-11)9-10-3-4-12(14)16-13(10)15/h3-4,11H,2,5-9H2,1H3. The molecule has 1 aromatic heterocycles. The first-order valence-corrected chi connectivity index (χ1v) is 7.09. The lowest BCUT2D eigenvalue weighted by Gasteiger charge is -2.31. The maximum absolute atomic E-state index is 6.08. The van der Waals surface area contributed by atoms with Crippen LogP contribution in [0.5, 0.6) is 0 Å². The van der Waals surface area contributed by atoms with E-state index in [0.717, 1.165) is 44.6 Å². The van der Waals surface area contributed by atoms with Crippen molar-refractivity contribution in [2.45, 2.75) is 32.4 Å². The number of aromatic nitrogens is 1. The van der Waals surface area contributed by atoms with Crippen molar-refractivity contribution >= 4 is 23.2 Å². The summed E-state index contributed by atoms with van der Waals surface area (Å²) >= 11 is 11.9. The molecule has 0 saturated carbocycles. The quantitative estimate of drug-likeness (QED) is 0.794. The average Bonchev–Trinajstić information content (AvgIpc) is 2.35. The summed E-state index contributed by atoms with van der Waals surface area (Å²) in [6, 6.07) is 3.74. The second-order valence-electron chi connectivity index (χ2n) is 4.51. The predicted octanol–water partition coefficient (Wildman–Crippen LogP) is 3.39. The van der Waals surface area contributed by atoms with E-state index in [1.165, 1.54) is 0 Å². The fraction of sp³-hybridized carbons (Fsp3) is 0.615. The van der Waals surface area contributed by atoms with Gasteiger partial charge in [0.2, 0.25) is 0 Å². The van der Waals surface area contributed by atoms with E-state index in [-0.39, 0.29) is 0 Å². The molecule has 0 atom stereocenters. The second-order valence-corrected chi connectivity index (χ2v) is 5.26. The van der Waals surface area contributed by atoms with E-state index in [9.17, 15) is 0 Å². The molecule has 0 aromatic carbocycles. The fourth-order valence-electron chi connectivity index (χ4n) is 2.27. The number of hydrogen-bond acceptors (Lipinski definition) is 3. The van der Waals surface area contributed by atoms with Gasteiger partial charge in [-0.15, -0.1) is 0 Å². The van der Waals surface area contributed by atoms with Gasteiger partial charge in [-0.05, 0) is 25.8 Å². The second kappa shape index (κ2) is 6.71. The summed E-state index contributed by atoms with van der Waals surface area (Å²) in [5.74, 6) is 0. The lowest BCUT2D eigenvalue weighted by atomic mass is 10.1. The van der Waals surface area contributed by atoms with Gasteiger partial charge >= 0.3 is 0 Å². The topological polar surface area (TPSA) is 25.4 Å². The Bertz CT molecular complexity index is 393. The van der Waals surface area contributed by atoms with E-state index in [4.69, 9.17) is 27.9 Å². The normalized spacial score (nSPS) is 18.2. The summed E-state index contributed by atoms with van der Waals surface area (Å²) in [7, 11) is 0. The molecule has 0 bridgehead atoms. The van der Waals surface area contributed by atoms with Crippen LogP contribution in [0.3, 0.4) is 0 Å². The van der Waals surface area contributed by atoms with Crippen LogP contribution < -0.4 is 0 Å². The van der Waals surface area contributed by atoms with Crippen molar-refractivity contribution in [3.05, 3.63) is 28.0 Å². The third kappa shape index (κ3) is 3.82. The van der Waals surface area contributed by atoms with Crippen LogP contribution >= 0.6 is 23.2 Å². The first-order valence-electron chi connectivity index (χ1n) is 6.34. The Kier molecular flexibility index (Phi) is 5.25. The molecule has 1 saturated heterocycles. The van der Waals surface area contributed by atoms with Crippen LogP contribution in [0.1, 0.15) is 25.3 Å². The number of pyridine rings is 1. The van der Waals surface area contributed by atoms with Crippen LogP contribution in [-0.4, -0.2) is 35.7 Å². The van der Waals surface area contributed by atoms with Crippen LogP contribution in [0.4, 0.5) is 0 Å². The molecule has 3 nitrogen and oxygen atoms in total. The highest BCUT2D eigenvalue weighted by atomic mass is 35.5. The zero-order chi connectivity index (χ0) is 13.0. The Hall–Kier alpha value is -0.350. The van der Waals surface area contributed by atoms with Crippen molar-refractivity contribution in [3.8, 4) is 0 Å². The number of piperidine rings is 1. The van der Waals surface area contributed by atoms with Crippen molar-refractivity contribution in [2.75, 3.05) is 19.7 Å². The van der Waals surface area contributed by atoms with E-state index in [2.05, 4.69) is 9.88 Å². The molecule has 1 aliphatic heterocycles. The smallest absolute Gasteiger partial charge is 0.135 e. The van der Waals surface area contributed by atoms with Crippen molar-refractivity contribution in [1.29, 1.82) is 0 Å². The Labute approximate surface area is 118 Å². The van der Waals surface area contributed by atoms with Gasteiger partial charge in [0.05, 0.1) is 6.10 Å². The zero-order valence-corrected chi connectivity index (χ0v) is 12.0. The number of nitrogens with zero attached hydrogens (tertiary/aromatic N) is 2. The van der Waals surface area contributed by atoms with Gasteiger partial charge in [0.25, 0.3) is 0 Å². The Morgan fingerprint density at radius 1 is 1.33 bits per heavy atom. The minimum Gasteiger partial charge on any atom is -0.378 e. The first-order chi connectivity index (χ1) is 8.69. The van der Waals surface area contributed by atoms with Crippen LogP contribution in [-0.2, 0) is 11.3 Å². The van der Waals surface area contributed by atoms with Crippen molar-refractivity contribution in [2.24, 2.45) is 0 Å². The average molecular weight is 289 g/mol. The molecule has 100 valence electrons. The van der Waals surface area contributed by atoms with Crippen LogP contribution in [0.2, 0.25) is 10.3 Å². The summed E-state index contributed by atoms with van der Waals surface area (Å²) in [5, 5.41) is 0.952. The van der Waals surface area contributed by atoms with E-state index >= 15 is 0 Å². The lowest BCUT2D eigenvalue weighted by Crippen LogP contribution is -2.36. The third-order valence-electron chi connectivity index (χ3n) is 3.22. The molecule has 0 radical (unpaired) electrons. The van der Waals surface area contributed by atoms with Crippen LogP contribution in [0.15, 0.2) is 12.1 Å².